The normalized spacial score (nSPS) is 10.3. The van der Waals surface area contributed by atoms with Crippen LogP contribution in [0.3, 0.4) is 0 Å². The molecule has 1 aromatic heterocycles. The summed E-state index contributed by atoms with van der Waals surface area (Å²) in [5.41, 5.74) is 3.42. The van der Waals surface area contributed by atoms with Crippen molar-refractivity contribution in [2.75, 3.05) is 17.7 Å². The molecular weight excluding hydrogens is 350 g/mol. The van der Waals surface area contributed by atoms with Crippen LogP contribution in [0.5, 0.6) is 5.75 Å². The smallest absolute Gasteiger partial charge is 0.274 e. The van der Waals surface area contributed by atoms with Gasteiger partial charge in [0.05, 0.1) is 12.8 Å². The van der Waals surface area contributed by atoms with E-state index in [9.17, 15) is 4.79 Å². The first-order valence-corrected chi connectivity index (χ1v) is 8.38. The van der Waals surface area contributed by atoms with Crippen LogP contribution in [0.1, 0.15) is 16.1 Å². The van der Waals surface area contributed by atoms with Crippen molar-refractivity contribution in [3.05, 3.63) is 77.1 Å². The van der Waals surface area contributed by atoms with Crippen LogP contribution < -0.4 is 15.4 Å². The molecule has 0 aliphatic rings. The zero-order chi connectivity index (χ0) is 18.5. The molecule has 0 aliphatic heterocycles. The number of nitrogens with zero attached hydrogens (tertiary/aromatic N) is 1. The number of para-hydroxylation sites is 2. The molecule has 0 bridgehead atoms. The minimum absolute atomic E-state index is 0.296. The molecule has 0 aliphatic carbocycles. The van der Waals surface area contributed by atoms with Crippen LogP contribution in [0.4, 0.5) is 17.1 Å². The van der Waals surface area contributed by atoms with Gasteiger partial charge in [-0.3, -0.25) is 9.78 Å². The van der Waals surface area contributed by atoms with E-state index in [1.54, 1.807) is 37.6 Å². The third kappa shape index (κ3) is 4.13. The Morgan fingerprint density at radius 2 is 1.88 bits per heavy atom. The van der Waals surface area contributed by atoms with Gasteiger partial charge in [0.25, 0.3) is 5.91 Å². The third-order valence-electron chi connectivity index (χ3n) is 3.83. The number of aryl methyl sites for hydroxylation is 1. The Balaban J connectivity index is 1.80. The van der Waals surface area contributed by atoms with Crippen LogP contribution in [0.2, 0.25) is 5.02 Å². The largest absolute Gasteiger partial charge is 0.495 e. The van der Waals surface area contributed by atoms with Gasteiger partial charge in [-0.05, 0) is 48.9 Å². The molecular formula is C20H18ClN3O2. The third-order valence-corrected chi connectivity index (χ3v) is 4.06. The minimum atomic E-state index is -0.306. The fourth-order valence-corrected chi connectivity index (χ4v) is 2.62. The fourth-order valence-electron chi connectivity index (χ4n) is 2.45. The lowest BCUT2D eigenvalue weighted by Gasteiger charge is -2.12. The molecule has 1 heterocycles. The highest BCUT2D eigenvalue weighted by Crippen LogP contribution is 2.27. The van der Waals surface area contributed by atoms with Crippen molar-refractivity contribution in [1.82, 2.24) is 4.98 Å². The summed E-state index contributed by atoms with van der Waals surface area (Å²) in [7, 11) is 1.61. The van der Waals surface area contributed by atoms with E-state index in [0.717, 1.165) is 16.9 Å². The Labute approximate surface area is 157 Å². The number of aromatic nitrogens is 1. The van der Waals surface area contributed by atoms with E-state index in [4.69, 9.17) is 16.3 Å². The second kappa shape index (κ2) is 7.89. The van der Waals surface area contributed by atoms with Crippen LogP contribution in [0, 0.1) is 6.92 Å². The molecule has 5 nitrogen and oxygen atoms in total. The number of amides is 1. The van der Waals surface area contributed by atoms with Crippen molar-refractivity contribution in [3.8, 4) is 5.75 Å². The molecule has 0 saturated carbocycles. The Bertz CT molecular complexity index is 944. The standard InChI is InChI=1S/C20H18ClN3O2/c1-13-7-8-14(21)11-17(13)24-20(25)18-12-15(9-10-22-18)23-16-5-3-4-6-19(16)26-2/h3-12H,1-2H3,(H,22,23)(H,24,25). The lowest BCUT2D eigenvalue weighted by molar-refractivity contribution is 0.102. The lowest BCUT2D eigenvalue weighted by Crippen LogP contribution is -2.14. The quantitative estimate of drug-likeness (QED) is 0.662. The minimum Gasteiger partial charge on any atom is -0.495 e. The van der Waals surface area contributed by atoms with Gasteiger partial charge in [0.2, 0.25) is 0 Å². The van der Waals surface area contributed by atoms with E-state index in [-0.39, 0.29) is 5.91 Å². The molecule has 6 heteroatoms. The van der Waals surface area contributed by atoms with E-state index in [1.807, 2.05) is 37.3 Å². The van der Waals surface area contributed by atoms with E-state index < -0.39 is 0 Å². The summed E-state index contributed by atoms with van der Waals surface area (Å²) in [5.74, 6) is 0.406. The fraction of sp³-hybridized carbons (Fsp3) is 0.100. The summed E-state index contributed by atoms with van der Waals surface area (Å²) in [6, 6.07) is 16.4. The highest BCUT2D eigenvalue weighted by molar-refractivity contribution is 6.31. The Kier molecular flexibility index (Phi) is 5.39. The molecule has 3 rings (SSSR count). The highest BCUT2D eigenvalue weighted by Gasteiger charge is 2.11. The molecule has 1 amide bonds. The Morgan fingerprint density at radius 1 is 1.08 bits per heavy atom. The maximum atomic E-state index is 12.5. The average Bonchev–Trinajstić information content (AvgIpc) is 2.65. The molecule has 26 heavy (non-hydrogen) atoms. The predicted molar refractivity (Wildman–Crippen MR) is 105 cm³/mol. The molecule has 3 aromatic rings. The van der Waals surface area contributed by atoms with Crippen molar-refractivity contribution < 1.29 is 9.53 Å². The van der Waals surface area contributed by atoms with Crippen molar-refractivity contribution >= 4 is 34.6 Å². The number of halogens is 1. The van der Waals surface area contributed by atoms with Gasteiger partial charge in [-0.15, -0.1) is 0 Å². The molecule has 0 atom stereocenters. The molecule has 2 aromatic carbocycles. The number of hydrogen-bond donors (Lipinski definition) is 2. The number of nitrogens with one attached hydrogen (secondary N) is 2. The summed E-state index contributed by atoms with van der Waals surface area (Å²) in [4.78, 5) is 16.7. The molecule has 0 radical (unpaired) electrons. The van der Waals surface area contributed by atoms with Crippen LogP contribution in [0.25, 0.3) is 0 Å². The lowest BCUT2D eigenvalue weighted by atomic mass is 10.2. The number of hydrogen-bond acceptors (Lipinski definition) is 4. The number of rotatable bonds is 5. The summed E-state index contributed by atoms with van der Waals surface area (Å²) < 4.78 is 5.33. The molecule has 132 valence electrons. The summed E-state index contributed by atoms with van der Waals surface area (Å²) in [5, 5.41) is 6.64. The predicted octanol–water partition coefficient (Wildman–Crippen LogP) is 5.05. The number of ether oxygens (including phenoxy) is 1. The van der Waals surface area contributed by atoms with Gasteiger partial charge in [0.1, 0.15) is 11.4 Å². The molecule has 2 N–H and O–H groups in total. The van der Waals surface area contributed by atoms with Gasteiger partial charge in [0, 0.05) is 22.6 Å². The Hall–Kier alpha value is -3.05. The van der Waals surface area contributed by atoms with Crippen LogP contribution in [0.15, 0.2) is 60.8 Å². The van der Waals surface area contributed by atoms with Gasteiger partial charge in [-0.25, -0.2) is 0 Å². The van der Waals surface area contributed by atoms with Crippen molar-refractivity contribution in [3.63, 3.8) is 0 Å². The number of methoxy groups -OCH3 is 1. The number of anilines is 3. The molecule has 0 unspecified atom stereocenters. The number of carbonyl (C=O) groups is 1. The SMILES string of the molecule is COc1ccccc1Nc1ccnc(C(=O)Nc2cc(Cl)ccc2C)c1. The molecule has 0 saturated heterocycles. The van der Waals surface area contributed by atoms with Gasteiger partial charge in [-0.2, -0.15) is 0 Å². The topological polar surface area (TPSA) is 63.2 Å². The van der Waals surface area contributed by atoms with Gasteiger partial charge < -0.3 is 15.4 Å². The first kappa shape index (κ1) is 17.8. The summed E-state index contributed by atoms with van der Waals surface area (Å²) >= 11 is 6.00. The number of benzene rings is 2. The van der Waals surface area contributed by atoms with Crippen LogP contribution in [-0.2, 0) is 0 Å². The molecule has 0 spiro atoms. The second-order valence-corrected chi connectivity index (χ2v) is 6.10. The first-order valence-electron chi connectivity index (χ1n) is 8.00. The van der Waals surface area contributed by atoms with E-state index in [2.05, 4.69) is 15.6 Å². The maximum Gasteiger partial charge on any atom is 0.274 e. The Morgan fingerprint density at radius 3 is 2.69 bits per heavy atom. The van der Waals surface area contributed by atoms with Crippen LogP contribution >= 0.6 is 11.6 Å². The first-order chi connectivity index (χ1) is 12.6. The zero-order valence-corrected chi connectivity index (χ0v) is 15.2. The van der Waals surface area contributed by atoms with Gasteiger partial charge >= 0.3 is 0 Å². The monoisotopic (exact) mass is 367 g/mol. The summed E-state index contributed by atoms with van der Waals surface area (Å²) in [6.45, 7) is 1.90. The molecule has 0 fully saturated rings. The average molecular weight is 368 g/mol. The number of carbonyl (C=O) groups excluding carboxylic acids is 1. The van der Waals surface area contributed by atoms with E-state index in [0.29, 0.717) is 22.2 Å². The van der Waals surface area contributed by atoms with Crippen molar-refractivity contribution in [1.29, 1.82) is 0 Å². The van der Waals surface area contributed by atoms with Gasteiger partial charge in [0.15, 0.2) is 0 Å². The van der Waals surface area contributed by atoms with Crippen molar-refractivity contribution in [2.45, 2.75) is 6.92 Å². The maximum absolute atomic E-state index is 12.5. The number of pyridine rings is 1. The van der Waals surface area contributed by atoms with Gasteiger partial charge in [-0.1, -0.05) is 29.8 Å². The second-order valence-electron chi connectivity index (χ2n) is 5.67. The van der Waals surface area contributed by atoms with E-state index in [1.165, 1.54) is 0 Å². The van der Waals surface area contributed by atoms with Crippen LogP contribution in [-0.4, -0.2) is 18.0 Å². The van der Waals surface area contributed by atoms with E-state index >= 15 is 0 Å². The summed E-state index contributed by atoms with van der Waals surface area (Å²) in [6.07, 6.45) is 1.58. The van der Waals surface area contributed by atoms with Crippen molar-refractivity contribution in [2.24, 2.45) is 0 Å². The highest BCUT2D eigenvalue weighted by atomic mass is 35.5. The zero-order valence-electron chi connectivity index (χ0n) is 14.4.